The Labute approximate surface area is 246 Å². The molecule has 5 N–H and O–H groups in total. The summed E-state index contributed by atoms with van der Waals surface area (Å²) in [5, 5.41) is 28.3. The van der Waals surface area contributed by atoms with Gasteiger partial charge in [0.2, 0.25) is 17.7 Å². The van der Waals surface area contributed by atoms with Gasteiger partial charge in [0.25, 0.3) is 0 Å². The summed E-state index contributed by atoms with van der Waals surface area (Å²) < 4.78 is 13.3. The van der Waals surface area contributed by atoms with Gasteiger partial charge < -0.3 is 26.2 Å². The molecule has 2 aromatic carbocycles. The SMILES string of the molecule is CC(=O)N[C@@H](Cc1ccc(F)cc1)C(=O)NCC(C)(C)NC(=O)[C@H](Cc1c(C)cc(O)cc1C)N(C(=O)O)C(C)(C)C. The second kappa shape index (κ2) is 13.7. The molecule has 0 aliphatic carbocycles. The molecule has 0 fully saturated rings. The van der Waals surface area contributed by atoms with Crippen molar-refractivity contribution in [3.8, 4) is 5.75 Å². The van der Waals surface area contributed by atoms with Crippen LogP contribution in [0.4, 0.5) is 9.18 Å². The molecule has 0 heterocycles. The second-order valence-electron chi connectivity index (χ2n) is 12.3. The van der Waals surface area contributed by atoms with Crippen molar-refractivity contribution in [2.24, 2.45) is 0 Å². The fraction of sp³-hybridized carbons (Fsp3) is 0.484. The van der Waals surface area contributed by atoms with Crippen LogP contribution in [-0.4, -0.2) is 68.6 Å². The van der Waals surface area contributed by atoms with Crippen molar-refractivity contribution in [1.29, 1.82) is 0 Å². The molecule has 0 aromatic heterocycles. The number of hydrogen-bond donors (Lipinski definition) is 5. The van der Waals surface area contributed by atoms with Crippen molar-refractivity contribution in [3.05, 3.63) is 64.5 Å². The monoisotopic (exact) mass is 586 g/mol. The van der Waals surface area contributed by atoms with Crippen LogP contribution in [0.25, 0.3) is 0 Å². The zero-order valence-electron chi connectivity index (χ0n) is 25.6. The minimum Gasteiger partial charge on any atom is -0.508 e. The predicted octanol–water partition coefficient (Wildman–Crippen LogP) is 3.60. The van der Waals surface area contributed by atoms with Gasteiger partial charge in [-0.15, -0.1) is 0 Å². The number of amides is 4. The molecular formula is C31H43FN4O6. The molecule has 0 radical (unpaired) electrons. The van der Waals surface area contributed by atoms with Crippen LogP contribution in [-0.2, 0) is 27.2 Å². The first kappa shape index (κ1) is 34.1. The average molecular weight is 587 g/mol. The van der Waals surface area contributed by atoms with Crippen LogP contribution in [0.15, 0.2) is 36.4 Å². The van der Waals surface area contributed by atoms with Gasteiger partial charge in [0.15, 0.2) is 0 Å². The minimum atomic E-state index is -1.26. The summed E-state index contributed by atoms with van der Waals surface area (Å²) in [4.78, 5) is 52.1. The molecule has 0 aliphatic heterocycles. The Morgan fingerprint density at radius 3 is 1.95 bits per heavy atom. The maximum Gasteiger partial charge on any atom is 0.408 e. The lowest BCUT2D eigenvalue weighted by Crippen LogP contribution is -2.62. The Kier molecular flexibility index (Phi) is 11.1. The van der Waals surface area contributed by atoms with Gasteiger partial charge in [-0.25, -0.2) is 9.18 Å². The fourth-order valence-electron chi connectivity index (χ4n) is 4.88. The summed E-state index contributed by atoms with van der Waals surface area (Å²) in [6, 6.07) is 6.68. The highest BCUT2D eigenvalue weighted by Crippen LogP contribution is 2.26. The molecule has 2 aromatic rings. The van der Waals surface area contributed by atoms with Gasteiger partial charge >= 0.3 is 6.09 Å². The standard InChI is InChI=1S/C31H43FN4O6/c1-18-13-23(38)14-19(2)24(18)16-26(36(29(41)42)30(4,5)6)28(40)35-31(7,8)17-33-27(39)25(34-20(3)37)15-21-9-11-22(32)12-10-21/h9-14,25-26,38H,15-17H2,1-8H3,(H,33,39)(H,34,37)(H,35,40)(H,41,42)/t25-,26-/m0/s1. The van der Waals surface area contributed by atoms with Gasteiger partial charge in [-0.05, 0) is 95.0 Å². The number of aryl methyl sites for hydroxylation is 2. The maximum absolute atomic E-state index is 13.8. The number of carbonyl (C=O) groups excluding carboxylic acids is 3. The van der Waals surface area contributed by atoms with E-state index in [2.05, 4.69) is 16.0 Å². The van der Waals surface area contributed by atoms with Crippen molar-refractivity contribution in [2.75, 3.05) is 6.54 Å². The van der Waals surface area contributed by atoms with E-state index in [-0.39, 0.29) is 25.1 Å². The minimum absolute atomic E-state index is 0.0242. The molecule has 2 rings (SSSR count). The highest BCUT2D eigenvalue weighted by atomic mass is 19.1. The smallest absolute Gasteiger partial charge is 0.408 e. The Morgan fingerprint density at radius 1 is 0.929 bits per heavy atom. The molecule has 10 nitrogen and oxygen atoms in total. The van der Waals surface area contributed by atoms with Gasteiger partial charge in [-0.2, -0.15) is 0 Å². The molecule has 0 saturated heterocycles. The van der Waals surface area contributed by atoms with Crippen LogP contribution in [0.5, 0.6) is 5.75 Å². The zero-order valence-corrected chi connectivity index (χ0v) is 25.6. The van der Waals surface area contributed by atoms with Crippen molar-refractivity contribution in [3.63, 3.8) is 0 Å². The summed E-state index contributed by atoms with van der Waals surface area (Å²) in [5.41, 5.74) is 0.909. The second-order valence-corrected chi connectivity index (χ2v) is 12.3. The Bertz CT molecular complexity index is 1280. The number of benzene rings is 2. The number of carboxylic acid groups (broad SMARTS) is 1. The van der Waals surface area contributed by atoms with E-state index in [0.717, 1.165) is 21.6 Å². The van der Waals surface area contributed by atoms with E-state index in [1.54, 1.807) is 60.6 Å². The third-order valence-electron chi connectivity index (χ3n) is 6.83. The molecule has 11 heteroatoms. The Morgan fingerprint density at radius 2 is 1.48 bits per heavy atom. The number of rotatable bonds is 11. The third kappa shape index (κ3) is 9.74. The third-order valence-corrected chi connectivity index (χ3v) is 6.83. The Balaban J connectivity index is 2.26. The topological polar surface area (TPSA) is 148 Å². The first-order valence-electron chi connectivity index (χ1n) is 13.7. The molecule has 230 valence electrons. The summed E-state index contributed by atoms with van der Waals surface area (Å²) in [7, 11) is 0. The lowest BCUT2D eigenvalue weighted by Gasteiger charge is -2.40. The molecule has 0 bridgehead atoms. The van der Waals surface area contributed by atoms with Crippen LogP contribution in [0.1, 0.15) is 63.8 Å². The number of halogens is 1. The lowest BCUT2D eigenvalue weighted by molar-refractivity contribution is -0.130. The van der Waals surface area contributed by atoms with Crippen molar-refractivity contribution in [2.45, 2.75) is 91.4 Å². The summed E-state index contributed by atoms with van der Waals surface area (Å²) >= 11 is 0. The van der Waals surface area contributed by atoms with Gasteiger partial charge in [-0.1, -0.05) is 12.1 Å². The van der Waals surface area contributed by atoms with Crippen molar-refractivity contribution >= 4 is 23.8 Å². The number of carbonyl (C=O) groups is 4. The van der Waals surface area contributed by atoms with E-state index in [0.29, 0.717) is 5.56 Å². The first-order chi connectivity index (χ1) is 19.3. The Hall–Kier alpha value is -4.15. The van der Waals surface area contributed by atoms with Crippen LogP contribution in [0.3, 0.4) is 0 Å². The average Bonchev–Trinajstić information content (AvgIpc) is 2.83. The van der Waals surface area contributed by atoms with E-state index in [9.17, 15) is 33.8 Å². The van der Waals surface area contributed by atoms with Gasteiger partial charge in [0.1, 0.15) is 23.7 Å². The van der Waals surface area contributed by atoms with E-state index in [1.807, 2.05) is 0 Å². The molecular weight excluding hydrogens is 543 g/mol. The van der Waals surface area contributed by atoms with E-state index in [4.69, 9.17) is 0 Å². The van der Waals surface area contributed by atoms with Crippen molar-refractivity contribution in [1.82, 2.24) is 20.9 Å². The molecule has 0 spiro atoms. The summed E-state index contributed by atoms with van der Waals surface area (Å²) in [5.74, 6) is -1.80. The quantitative estimate of drug-likeness (QED) is 0.272. The largest absolute Gasteiger partial charge is 0.508 e. The van der Waals surface area contributed by atoms with Crippen LogP contribution < -0.4 is 16.0 Å². The van der Waals surface area contributed by atoms with E-state index in [1.165, 1.54) is 31.2 Å². The van der Waals surface area contributed by atoms with E-state index < -0.39 is 52.8 Å². The van der Waals surface area contributed by atoms with Crippen LogP contribution >= 0.6 is 0 Å². The predicted molar refractivity (Wildman–Crippen MR) is 158 cm³/mol. The normalized spacial score (nSPS) is 13.1. The van der Waals surface area contributed by atoms with E-state index >= 15 is 0 Å². The highest BCUT2D eigenvalue weighted by molar-refractivity contribution is 5.88. The van der Waals surface area contributed by atoms with Gasteiger partial charge in [0, 0.05) is 31.8 Å². The molecule has 0 unspecified atom stereocenters. The number of hydrogen-bond acceptors (Lipinski definition) is 5. The highest BCUT2D eigenvalue weighted by Gasteiger charge is 2.39. The summed E-state index contributed by atoms with van der Waals surface area (Å²) in [6.45, 7) is 13.3. The summed E-state index contributed by atoms with van der Waals surface area (Å²) in [6.07, 6.45) is -1.06. The maximum atomic E-state index is 13.8. The fourth-order valence-corrected chi connectivity index (χ4v) is 4.88. The number of nitrogens with zero attached hydrogens (tertiary/aromatic N) is 1. The number of aromatic hydroxyl groups is 1. The molecule has 0 saturated carbocycles. The van der Waals surface area contributed by atoms with Crippen molar-refractivity contribution < 1.29 is 33.8 Å². The zero-order chi connectivity index (χ0) is 32.0. The number of phenols is 1. The lowest BCUT2D eigenvalue weighted by atomic mass is 9.92. The molecule has 4 amide bonds. The van der Waals surface area contributed by atoms with Gasteiger partial charge in [-0.3, -0.25) is 19.3 Å². The molecule has 0 aliphatic rings. The van der Waals surface area contributed by atoms with Crippen LogP contribution in [0.2, 0.25) is 0 Å². The number of phenolic OH excluding ortho intramolecular Hbond substituents is 1. The first-order valence-corrected chi connectivity index (χ1v) is 13.7. The van der Waals surface area contributed by atoms with Gasteiger partial charge in [0.05, 0.1) is 5.54 Å². The number of nitrogens with one attached hydrogen (secondary N) is 3. The molecule has 42 heavy (non-hydrogen) atoms. The molecule has 2 atom stereocenters. The van der Waals surface area contributed by atoms with Crippen LogP contribution in [0, 0.1) is 19.7 Å².